The first-order valence-electron chi connectivity index (χ1n) is 6.08. The second-order valence-electron chi connectivity index (χ2n) is 4.75. The molecule has 1 aliphatic rings. The van der Waals surface area contributed by atoms with Crippen LogP contribution < -0.4 is 5.73 Å². The predicted octanol–water partition coefficient (Wildman–Crippen LogP) is 1.64. The van der Waals surface area contributed by atoms with Gasteiger partial charge in [0.05, 0.1) is 11.7 Å². The first kappa shape index (κ1) is 12.0. The van der Waals surface area contributed by atoms with E-state index in [0.717, 1.165) is 37.2 Å². The van der Waals surface area contributed by atoms with Crippen molar-refractivity contribution in [1.82, 2.24) is 14.7 Å². The van der Waals surface area contributed by atoms with Gasteiger partial charge in [-0.3, -0.25) is 4.68 Å². The van der Waals surface area contributed by atoms with Crippen molar-refractivity contribution in [2.75, 3.05) is 6.54 Å². The molecule has 5 nitrogen and oxygen atoms in total. The van der Waals surface area contributed by atoms with Crippen molar-refractivity contribution in [2.45, 2.75) is 39.2 Å². The Morgan fingerprint density at radius 3 is 2.65 bits per heavy atom. The van der Waals surface area contributed by atoms with Crippen LogP contribution in [0.25, 0.3) is 0 Å². The van der Waals surface area contributed by atoms with Crippen molar-refractivity contribution in [3.63, 3.8) is 0 Å². The molecule has 1 aromatic rings. The van der Waals surface area contributed by atoms with Crippen LogP contribution in [0, 0.1) is 13.8 Å². The highest BCUT2D eigenvalue weighted by Crippen LogP contribution is 2.34. The molecular weight excluding hydrogens is 216 g/mol. The molecule has 1 atom stereocenters. The number of carbonyl (C=O) groups excluding carboxylic acids is 1. The highest BCUT2D eigenvalue weighted by molar-refractivity contribution is 5.72. The summed E-state index contributed by atoms with van der Waals surface area (Å²) in [6, 6.07) is -0.215. The molecule has 1 aromatic heterocycles. The highest BCUT2D eigenvalue weighted by Gasteiger charge is 2.30. The lowest BCUT2D eigenvalue weighted by Gasteiger charge is -2.34. The zero-order valence-corrected chi connectivity index (χ0v) is 10.7. The van der Waals surface area contributed by atoms with Crippen LogP contribution in [0.2, 0.25) is 0 Å². The molecule has 1 aliphatic heterocycles. The number of hydrogen-bond acceptors (Lipinski definition) is 2. The Morgan fingerprint density at radius 1 is 1.41 bits per heavy atom. The van der Waals surface area contributed by atoms with E-state index in [2.05, 4.69) is 5.10 Å². The Balaban J connectivity index is 2.39. The topological polar surface area (TPSA) is 64.2 Å². The Morgan fingerprint density at radius 2 is 2.12 bits per heavy atom. The summed E-state index contributed by atoms with van der Waals surface area (Å²) < 4.78 is 1.87. The van der Waals surface area contributed by atoms with Crippen LogP contribution in [0.5, 0.6) is 0 Å². The van der Waals surface area contributed by atoms with E-state index in [0.29, 0.717) is 0 Å². The fourth-order valence-corrected chi connectivity index (χ4v) is 2.77. The Labute approximate surface area is 102 Å². The molecule has 5 heteroatoms. The number of carbonyl (C=O) groups is 1. The first-order valence-corrected chi connectivity index (χ1v) is 6.08. The molecule has 0 bridgehead atoms. The number of aromatic nitrogens is 2. The SMILES string of the molecule is Cc1nn(C)c(C)c1C1CCCCN1C(N)=O. The molecule has 1 unspecified atom stereocenters. The van der Waals surface area contributed by atoms with Crippen LogP contribution in [-0.4, -0.2) is 27.3 Å². The van der Waals surface area contributed by atoms with Gasteiger partial charge in [0.15, 0.2) is 0 Å². The second kappa shape index (κ2) is 4.39. The number of primary amides is 1. The van der Waals surface area contributed by atoms with E-state index < -0.39 is 0 Å². The van der Waals surface area contributed by atoms with Crippen LogP contribution in [0.3, 0.4) is 0 Å². The number of rotatable bonds is 1. The molecule has 1 fully saturated rings. The molecule has 17 heavy (non-hydrogen) atoms. The largest absolute Gasteiger partial charge is 0.351 e. The lowest BCUT2D eigenvalue weighted by molar-refractivity contribution is 0.159. The minimum absolute atomic E-state index is 0.106. The summed E-state index contributed by atoms with van der Waals surface area (Å²) in [6.45, 7) is 4.80. The van der Waals surface area contributed by atoms with E-state index in [-0.39, 0.29) is 12.1 Å². The van der Waals surface area contributed by atoms with Crippen LogP contribution >= 0.6 is 0 Å². The number of urea groups is 1. The van der Waals surface area contributed by atoms with Crippen molar-refractivity contribution in [2.24, 2.45) is 12.8 Å². The number of amides is 2. The monoisotopic (exact) mass is 236 g/mol. The zero-order valence-electron chi connectivity index (χ0n) is 10.7. The summed E-state index contributed by atoms with van der Waals surface area (Å²) in [5, 5.41) is 4.42. The van der Waals surface area contributed by atoms with E-state index in [1.165, 1.54) is 5.56 Å². The maximum atomic E-state index is 11.5. The standard InChI is InChI=1S/C12H20N4O/c1-8-11(9(2)15(3)14-8)10-6-4-5-7-16(10)12(13)17/h10H,4-7H2,1-3H3,(H2,13,17). The third-order valence-corrected chi connectivity index (χ3v) is 3.68. The molecule has 0 aromatic carbocycles. The molecule has 2 heterocycles. The van der Waals surface area contributed by atoms with Crippen molar-refractivity contribution < 1.29 is 4.79 Å². The van der Waals surface area contributed by atoms with E-state index in [1.54, 1.807) is 4.90 Å². The van der Waals surface area contributed by atoms with Gasteiger partial charge >= 0.3 is 6.03 Å². The number of aryl methyl sites for hydroxylation is 2. The molecule has 0 saturated carbocycles. The molecule has 2 N–H and O–H groups in total. The Bertz CT molecular complexity index is 438. The maximum Gasteiger partial charge on any atom is 0.315 e. The van der Waals surface area contributed by atoms with Gasteiger partial charge in [-0.1, -0.05) is 0 Å². The molecular formula is C12H20N4O. The van der Waals surface area contributed by atoms with Gasteiger partial charge < -0.3 is 10.6 Å². The summed E-state index contributed by atoms with van der Waals surface area (Å²) in [5.74, 6) is 0. The minimum atomic E-state index is -0.322. The lowest BCUT2D eigenvalue weighted by atomic mass is 9.94. The zero-order chi connectivity index (χ0) is 12.6. The van der Waals surface area contributed by atoms with Crippen LogP contribution in [-0.2, 0) is 7.05 Å². The number of hydrogen-bond donors (Lipinski definition) is 1. The van der Waals surface area contributed by atoms with Crippen LogP contribution in [0.4, 0.5) is 4.79 Å². The molecule has 0 aliphatic carbocycles. The quantitative estimate of drug-likeness (QED) is 0.805. The van der Waals surface area contributed by atoms with E-state index in [9.17, 15) is 4.79 Å². The minimum Gasteiger partial charge on any atom is -0.351 e. The van der Waals surface area contributed by atoms with Gasteiger partial charge in [-0.15, -0.1) is 0 Å². The summed E-state index contributed by atoms with van der Waals surface area (Å²) in [7, 11) is 1.93. The van der Waals surface area contributed by atoms with E-state index >= 15 is 0 Å². The van der Waals surface area contributed by atoms with Crippen LogP contribution in [0.1, 0.15) is 42.3 Å². The van der Waals surface area contributed by atoms with E-state index in [1.807, 2.05) is 25.6 Å². The molecule has 2 amide bonds. The number of likely N-dealkylation sites (tertiary alicyclic amines) is 1. The van der Waals surface area contributed by atoms with Crippen molar-refractivity contribution in [3.05, 3.63) is 17.0 Å². The van der Waals surface area contributed by atoms with Crippen LogP contribution in [0.15, 0.2) is 0 Å². The van der Waals surface area contributed by atoms with Crippen molar-refractivity contribution >= 4 is 6.03 Å². The fourth-order valence-electron chi connectivity index (χ4n) is 2.77. The van der Waals surface area contributed by atoms with Crippen molar-refractivity contribution in [1.29, 1.82) is 0 Å². The third-order valence-electron chi connectivity index (χ3n) is 3.68. The summed E-state index contributed by atoms with van der Waals surface area (Å²) in [6.07, 6.45) is 3.16. The molecule has 0 radical (unpaired) electrons. The van der Waals surface area contributed by atoms with Gasteiger partial charge in [0.1, 0.15) is 0 Å². The maximum absolute atomic E-state index is 11.5. The molecule has 1 saturated heterocycles. The number of nitrogens with zero attached hydrogens (tertiary/aromatic N) is 3. The summed E-state index contributed by atoms with van der Waals surface area (Å²) >= 11 is 0. The highest BCUT2D eigenvalue weighted by atomic mass is 16.2. The Hall–Kier alpha value is -1.52. The lowest BCUT2D eigenvalue weighted by Crippen LogP contribution is -2.42. The fraction of sp³-hybridized carbons (Fsp3) is 0.667. The Kier molecular flexibility index (Phi) is 3.09. The molecule has 94 valence electrons. The van der Waals surface area contributed by atoms with Gasteiger partial charge in [0.25, 0.3) is 0 Å². The average molecular weight is 236 g/mol. The first-order chi connectivity index (χ1) is 8.02. The summed E-state index contributed by atoms with van der Waals surface area (Å²) in [5.41, 5.74) is 8.76. The average Bonchev–Trinajstić information content (AvgIpc) is 2.53. The summed E-state index contributed by atoms with van der Waals surface area (Å²) in [4.78, 5) is 13.3. The predicted molar refractivity (Wildman–Crippen MR) is 65.6 cm³/mol. The van der Waals surface area contributed by atoms with Crippen molar-refractivity contribution in [3.8, 4) is 0 Å². The smallest absolute Gasteiger partial charge is 0.315 e. The molecule has 2 rings (SSSR count). The van der Waals surface area contributed by atoms with E-state index in [4.69, 9.17) is 5.73 Å². The molecule has 0 spiro atoms. The normalized spacial score (nSPS) is 20.6. The van der Waals surface area contributed by atoms with Gasteiger partial charge in [-0.05, 0) is 33.1 Å². The van der Waals surface area contributed by atoms with Gasteiger partial charge in [-0.2, -0.15) is 5.10 Å². The van der Waals surface area contributed by atoms with Gasteiger partial charge in [0.2, 0.25) is 0 Å². The van der Waals surface area contributed by atoms with Gasteiger partial charge in [0, 0.05) is 24.8 Å². The second-order valence-corrected chi connectivity index (χ2v) is 4.75. The number of piperidine rings is 1. The van der Waals surface area contributed by atoms with Gasteiger partial charge in [-0.25, -0.2) is 4.79 Å². The third kappa shape index (κ3) is 2.01. The number of nitrogens with two attached hydrogens (primary N) is 1.